The number of fused-ring (bicyclic) bond motifs is 1. The molecule has 1 unspecified atom stereocenters. The molecular weight excluding hydrogens is 252 g/mol. The zero-order valence-corrected chi connectivity index (χ0v) is 12.0. The summed E-state index contributed by atoms with van der Waals surface area (Å²) >= 11 is 0. The van der Waals surface area contributed by atoms with Crippen LogP contribution in [-0.4, -0.2) is 39.8 Å². The van der Waals surface area contributed by atoms with E-state index >= 15 is 0 Å². The van der Waals surface area contributed by atoms with Crippen LogP contribution in [0, 0.1) is 11.3 Å². The summed E-state index contributed by atoms with van der Waals surface area (Å²) < 4.78 is 1.97. The van der Waals surface area contributed by atoms with Crippen LogP contribution in [0.1, 0.15) is 25.2 Å². The van der Waals surface area contributed by atoms with Gasteiger partial charge in [0.2, 0.25) is 0 Å². The van der Waals surface area contributed by atoms with E-state index in [1.54, 1.807) is 0 Å². The van der Waals surface area contributed by atoms with Gasteiger partial charge in [-0.3, -0.25) is 4.90 Å². The van der Waals surface area contributed by atoms with Gasteiger partial charge in [-0.05, 0) is 25.6 Å². The first-order chi connectivity index (χ1) is 9.72. The maximum atomic E-state index is 9.12. The van der Waals surface area contributed by atoms with E-state index in [1.807, 2.05) is 35.9 Å². The molecule has 1 aromatic heterocycles. The van der Waals surface area contributed by atoms with Crippen molar-refractivity contribution >= 4 is 11.0 Å². The van der Waals surface area contributed by atoms with Crippen LogP contribution in [0.15, 0.2) is 24.3 Å². The van der Waals surface area contributed by atoms with E-state index in [0.29, 0.717) is 13.1 Å². The first kappa shape index (κ1) is 14.5. The lowest BCUT2D eigenvalue weighted by Crippen LogP contribution is -2.29. The van der Waals surface area contributed by atoms with Gasteiger partial charge in [0, 0.05) is 6.54 Å². The fourth-order valence-electron chi connectivity index (χ4n) is 2.59. The van der Waals surface area contributed by atoms with Gasteiger partial charge in [-0.25, -0.2) is 4.98 Å². The maximum Gasteiger partial charge on any atom is 0.128 e. The molecule has 106 valence electrons. The molecule has 0 saturated carbocycles. The van der Waals surface area contributed by atoms with Crippen molar-refractivity contribution < 1.29 is 5.11 Å². The number of hydrogen-bond donors (Lipinski definition) is 1. The Kier molecular flexibility index (Phi) is 4.72. The van der Waals surface area contributed by atoms with Crippen LogP contribution < -0.4 is 0 Å². The van der Waals surface area contributed by atoms with Crippen molar-refractivity contribution in [2.24, 2.45) is 0 Å². The molecule has 0 amide bonds. The standard InChI is InChI=1S/C15H20N4O/c1-3-13(18(2)10-11-20)15-17-12-6-4-5-7-14(12)19(15)9-8-16/h4-7,13,20H,3,9-11H2,1-2H3. The lowest BCUT2D eigenvalue weighted by molar-refractivity contribution is 0.170. The second kappa shape index (κ2) is 6.51. The van der Waals surface area contributed by atoms with Crippen LogP contribution >= 0.6 is 0 Å². The number of nitriles is 1. The van der Waals surface area contributed by atoms with Crippen LogP contribution in [0.5, 0.6) is 0 Å². The Balaban J connectivity index is 2.51. The molecule has 1 N–H and O–H groups in total. The van der Waals surface area contributed by atoms with E-state index in [1.165, 1.54) is 0 Å². The molecule has 0 aliphatic carbocycles. The van der Waals surface area contributed by atoms with Gasteiger partial charge < -0.3 is 9.67 Å². The first-order valence-corrected chi connectivity index (χ1v) is 6.86. The summed E-state index contributed by atoms with van der Waals surface area (Å²) in [6.07, 6.45) is 0.880. The lowest BCUT2D eigenvalue weighted by atomic mass is 10.2. The number of para-hydroxylation sites is 2. The van der Waals surface area contributed by atoms with Gasteiger partial charge in [-0.15, -0.1) is 0 Å². The highest BCUT2D eigenvalue weighted by molar-refractivity contribution is 5.76. The van der Waals surface area contributed by atoms with Crippen molar-refractivity contribution in [3.05, 3.63) is 30.1 Å². The summed E-state index contributed by atoms with van der Waals surface area (Å²) in [5, 5.41) is 18.2. The Morgan fingerprint density at radius 3 is 2.85 bits per heavy atom. The average Bonchev–Trinajstić information content (AvgIpc) is 2.80. The number of rotatable bonds is 6. The van der Waals surface area contributed by atoms with Crippen LogP contribution in [0.4, 0.5) is 0 Å². The van der Waals surface area contributed by atoms with E-state index in [9.17, 15) is 0 Å². The summed E-state index contributed by atoms with van der Waals surface area (Å²) in [5.74, 6) is 0.895. The van der Waals surface area contributed by atoms with E-state index in [4.69, 9.17) is 15.4 Å². The fraction of sp³-hybridized carbons (Fsp3) is 0.467. The van der Waals surface area contributed by atoms with Crippen molar-refractivity contribution in [2.75, 3.05) is 20.2 Å². The number of imidazole rings is 1. The zero-order chi connectivity index (χ0) is 14.5. The quantitative estimate of drug-likeness (QED) is 0.872. The molecule has 20 heavy (non-hydrogen) atoms. The SMILES string of the molecule is CCC(c1nc2ccccc2n1CC#N)N(C)CCO. The van der Waals surface area contributed by atoms with E-state index in [-0.39, 0.29) is 12.6 Å². The molecule has 1 aromatic carbocycles. The van der Waals surface area contributed by atoms with E-state index in [0.717, 1.165) is 23.3 Å². The van der Waals surface area contributed by atoms with Gasteiger partial charge in [0.25, 0.3) is 0 Å². The molecule has 0 bridgehead atoms. The van der Waals surface area contributed by atoms with Crippen molar-refractivity contribution in [3.63, 3.8) is 0 Å². The number of aromatic nitrogens is 2. The highest BCUT2D eigenvalue weighted by Gasteiger charge is 2.22. The Labute approximate surface area is 119 Å². The first-order valence-electron chi connectivity index (χ1n) is 6.86. The lowest BCUT2D eigenvalue weighted by Gasteiger charge is -2.26. The molecule has 0 aliphatic heterocycles. The van der Waals surface area contributed by atoms with Crippen LogP contribution in [0.25, 0.3) is 11.0 Å². The summed E-state index contributed by atoms with van der Waals surface area (Å²) in [6.45, 7) is 3.09. The maximum absolute atomic E-state index is 9.12. The summed E-state index contributed by atoms with van der Waals surface area (Å²) in [6, 6.07) is 10.2. The molecule has 1 heterocycles. The van der Waals surface area contributed by atoms with Crippen LogP contribution in [-0.2, 0) is 6.54 Å². The topological polar surface area (TPSA) is 65.1 Å². The van der Waals surface area contributed by atoms with Gasteiger partial charge in [-0.1, -0.05) is 19.1 Å². The highest BCUT2D eigenvalue weighted by atomic mass is 16.3. The smallest absolute Gasteiger partial charge is 0.128 e. The van der Waals surface area contributed by atoms with Crippen molar-refractivity contribution in [2.45, 2.75) is 25.9 Å². The largest absolute Gasteiger partial charge is 0.395 e. The molecule has 1 atom stereocenters. The molecule has 0 saturated heterocycles. The highest BCUT2D eigenvalue weighted by Crippen LogP contribution is 2.26. The molecule has 2 aromatic rings. The molecule has 0 aliphatic rings. The number of aliphatic hydroxyl groups excluding tert-OH is 1. The molecule has 5 heteroatoms. The van der Waals surface area contributed by atoms with Crippen LogP contribution in [0.3, 0.4) is 0 Å². The van der Waals surface area contributed by atoms with Gasteiger partial charge >= 0.3 is 0 Å². The Morgan fingerprint density at radius 1 is 1.45 bits per heavy atom. The predicted octanol–water partition coefficient (Wildman–Crippen LogP) is 1.94. The van der Waals surface area contributed by atoms with E-state index < -0.39 is 0 Å². The van der Waals surface area contributed by atoms with E-state index in [2.05, 4.69) is 17.9 Å². The number of likely N-dealkylation sites (N-methyl/N-ethyl adjacent to an activating group) is 1. The third kappa shape index (κ3) is 2.67. The van der Waals surface area contributed by atoms with Crippen LogP contribution in [0.2, 0.25) is 0 Å². The third-order valence-electron chi connectivity index (χ3n) is 3.58. The zero-order valence-electron chi connectivity index (χ0n) is 12.0. The molecular formula is C15H20N4O. The predicted molar refractivity (Wildman–Crippen MR) is 78.1 cm³/mol. The molecule has 0 radical (unpaired) electrons. The normalized spacial score (nSPS) is 12.8. The number of aliphatic hydroxyl groups is 1. The second-order valence-electron chi connectivity index (χ2n) is 4.83. The Morgan fingerprint density at radius 2 is 2.20 bits per heavy atom. The van der Waals surface area contributed by atoms with Crippen molar-refractivity contribution in [1.82, 2.24) is 14.5 Å². The van der Waals surface area contributed by atoms with Gasteiger partial charge in [0.1, 0.15) is 12.4 Å². The minimum atomic E-state index is 0.0999. The molecule has 5 nitrogen and oxygen atoms in total. The Hall–Kier alpha value is -1.90. The minimum Gasteiger partial charge on any atom is -0.395 e. The summed E-state index contributed by atoms with van der Waals surface area (Å²) in [7, 11) is 1.97. The number of nitrogens with zero attached hydrogens (tertiary/aromatic N) is 4. The average molecular weight is 272 g/mol. The summed E-state index contributed by atoms with van der Waals surface area (Å²) in [5.41, 5.74) is 1.90. The van der Waals surface area contributed by atoms with Gasteiger partial charge in [0.15, 0.2) is 0 Å². The summed E-state index contributed by atoms with van der Waals surface area (Å²) in [4.78, 5) is 6.77. The van der Waals surface area contributed by atoms with Crippen molar-refractivity contribution in [1.29, 1.82) is 5.26 Å². The number of benzene rings is 1. The second-order valence-corrected chi connectivity index (χ2v) is 4.83. The van der Waals surface area contributed by atoms with Crippen molar-refractivity contribution in [3.8, 4) is 6.07 Å². The molecule has 0 fully saturated rings. The van der Waals surface area contributed by atoms with Gasteiger partial charge in [-0.2, -0.15) is 5.26 Å². The van der Waals surface area contributed by atoms with Gasteiger partial charge in [0.05, 0.1) is 29.8 Å². The molecule has 0 spiro atoms. The number of hydrogen-bond acceptors (Lipinski definition) is 4. The Bertz CT molecular complexity index is 614. The molecule has 2 rings (SSSR count). The third-order valence-corrected chi connectivity index (χ3v) is 3.58. The minimum absolute atomic E-state index is 0.0999. The monoisotopic (exact) mass is 272 g/mol. The fourth-order valence-corrected chi connectivity index (χ4v) is 2.59.